The molecular weight excluding hydrogens is 544 g/mol. The fourth-order valence-corrected chi connectivity index (χ4v) is 4.37. The maximum absolute atomic E-state index is 13.6. The van der Waals surface area contributed by atoms with Crippen LogP contribution < -0.4 is 33.2 Å². The predicted molar refractivity (Wildman–Crippen MR) is 156 cm³/mol. The van der Waals surface area contributed by atoms with Gasteiger partial charge in [0.05, 0.1) is 6.54 Å². The van der Waals surface area contributed by atoms with E-state index in [1.165, 1.54) is 12.1 Å². The number of rotatable bonds is 15. The number of carboxylic acid groups (broad SMARTS) is 1. The van der Waals surface area contributed by atoms with Crippen molar-refractivity contribution in [2.24, 2.45) is 22.2 Å². The maximum atomic E-state index is 13.6. The molecule has 3 unspecified atom stereocenters. The number of nitrogens with one attached hydrogen (secondary N) is 4. The molecule has 0 aliphatic heterocycles. The molecule has 0 saturated heterocycles. The maximum Gasteiger partial charge on any atom is 0.326 e. The topological polar surface area (TPSA) is 251 Å². The Morgan fingerprint density at radius 3 is 2.17 bits per heavy atom. The smallest absolute Gasteiger partial charge is 0.326 e. The van der Waals surface area contributed by atoms with Crippen molar-refractivity contribution < 1.29 is 29.4 Å². The summed E-state index contributed by atoms with van der Waals surface area (Å²) in [5.41, 5.74) is 18.3. The summed E-state index contributed by atoms with van der Waals surface area (Å²) in [6.07, 6.45) is 2.12. The number of aliphatic imine (C=N–C) groups is 1. The van der Waals surface area contributed by atoms with Crippen LogP contribution in [0.2, 0.25) is 0 Å². The van der Waals surface area contributed by atoms with Crippen LogP contribution in [-0.4, -0.2) is 76.1 Å². The van der Waals surface area contributed by atoms with Gasteiger partial charge in [-0.25, -0.2) is 4.79 Å². The summed E-state index contributed by atoms with van der Waals surface area (Å²) < 4.78 is 0. The van der Waals surface area contributed by atoms with Gasteiger partial charge in [0, 0.05) is 36.5 Å². The number of hydrogen-bond donors (Lipinski definition) is 9. The number of aliphatic carboxylic acids is 1. The Balaban J connectivity index is 1.83. The van der Waals surface area contributed by atoms with E-state index < -0.39 is 41.8 Å². The summed E-state index contributed by atoms with van der Waals surface area (Å²) in [6, 6.07) is 9.88. The zero-order valence-corrected chi connectivity index (χ0v) is 22.9. The van der Waals surface area contributed by atoms with Crippen molar-refractivity contribution in [3.05, 3.63) is 65.9 Å². The SMILES string of the molecule is NCC(=O)NC(Cc1c[nH]c2ccccc12)C(=O)NC(Cc1ccc(O)cc1)C(=O)NC(CCCN=C(N)N)C(=O)O. The number of nitrogens with zero attached hydrogens (tertiary/aromatic N) is 1. The average Bonchev–Trinajstić information content (AvgIpc) is 3.37. The zero-order chi connectivity index (χ0) is 30.6. The number of phenolic OH excluding ortho intramolecular Hbond substituents is 1. The molecule has 12 N–H and O–H groups in total. The van der Waals surface area contributed by atoms with Gasteiger partial charge in [-0.05, 0) is 42.2 Å². The molecule has 0 fully saturated rings. The fraction of sp³-hybridized carbons (Fsp3) is 0.321. The number of H-pyrrole nitrogens is 1. The summed E-state index contributed by atoms with van der Waals surface area (Å²) >= 11 is 0. The third kappa shape index (κ3) is 9.23. The number of fused-ring (bicyclic) bond motifs is 1. The molecule has 3 atom stereocenters. The second kappa shape index (κ2) is 15.0. The van der Waals surface area contributed by atoms with E-state index in [0.717, 1.165) is 16.5 Å². The molecule has 3 rings (SSSR count). The number of guanidine groups is 1. The quantitative estimate of drug-likeness (QED) is 0.0619. The van der Waals surface area contributed by atoms with E-state index in [1.54, 1.807) is 18.3 Å². The van der Waals surface area contributed by atoms with Crippen molar-refractivity contribution >= 4 is 40.6 Å². The lowest BCUT2D eigenvalue weighted by molar-refractivity contribution is -0.142. The second-order valence-corrected chi connectivity index (χ2v) is 9.67. The molecule has 0 aliphatic rings. The fourth-order valence-electron chi connectivity index (χ4n) is 4.37. The zero-order valence-electron chi connectivity index (χ0n) is 22.9. The van der Waals surface area contributed by atoms with Gasteiger partial charge < -0.3 is 48.3 Å². The van der Waals surface area contributed by atoms with Crippen molar-refractivity contribution in [1.29, 1.82) is 0 Å². The number of aromatic nitrogens is 1. The Bertz CT molecular complexity index is 1420. The highest BCUT2D eigenvalue weighted by Gasteiger charge is 2.30. The van der Waals surface area contributed by atoms with Gasteiger partial charge in [-0.15, -0.1) is 0 Å². The number of aromatic amines is 1. The number of phenols is 1. The molecule has 0 aliphatic carbocycles. The Hall–Kier alpha value is -5.11. The van der Waals surface area contributed by atoms with Crippen LogP contribution in [0.4, 0.5) is 0 Å². The molecule has 14 nitrogen and oxygen atoms in total. The highest BCUT2D eigenvalue weighted by molar-refractivity contribution is 5.94. The van der Waals surface area contributed by atoms with Crippen LogP contribution in [0.25, 0.3) is 10.9 Å². The van der Waals surface area contributed by atoms with Gasteiger partial charge in [-0.2, -0.15) is 0 Å². The molecular formula is C28H36N8O6. The van der Waals surface area contributed by atoms with E-state index in [-0.39, 0.29) is 50.5 Å². The van der Waals surface area contributed by atoms with Crippen molar-refractivity contribution in [1.82, 2.24) is 20.9 Å². The molecule has 14 heteroatoms. The van der Waals surface area contributed by atoms with Gasteiger partial charge in [-0.1, -0.05) is 30.3 Å². The molecule has 0 saturated carbocycles. The Kier molecular flexibility index (Phi) is 11.3. The molecule has 0 bridgehead atoms. The van der Waals surface area contributed by atoms with Crippen LogP contribution in [0, 0.1) is 0 Å². The Morgan fingerprint density at radius 2 is 1.52 bits per heavy atom. The van der Waals surface area contributed by atoms with Crippen LogP contribution in [0.3, 0.4) is 0 Å². The van der Waals surface area contributed by atoms with Crippen molar-refractivity contribution in [2.45, 2.75) is 43.8 Å². The minimum Gasteiger partial charge on any atom is -0.508 e. The molecule has 2 aromatic carbocycles. The highest BCUT2D eigenvalue weighted by Crippen LogP contribution is 2.19. The number of aromatic hydroxyl groups is 1. The van der Waals surface area contributed by atoms with Gasteiger partial charge in [-0.3, -0.25) is 19.4 Å². The third-order valence-corrected chi connectivity index (χ3v) is 6.51. The molecule has 1 heterocycles. The highest BCUT2D eigenvalue weighted by atomic mass is 16.4. The van der Waals surface area contributed by atoms with E-state index in [2.05, 4.69) is 25.9 Å². The van der Waals surface area contributed by atoms with Crippen LogP contribution in [-0.2, 0) is 32.0 Å². The Labute approximate surface area is 241 Å². The lowest BCUT2D eigenvalue weighted by Gasteiger charge is -2.25. The van der Waals surface area contributed by atoms with Crippen LogP contribution in [0.1, 0.15) is 24.0 Å². The van der Waals surface area contributed by atoms with Crippen LogP contribution >= 0.6 is 0 Å². The summed E-state index contributed by atoms with van der Waals surface area (Å²) in [5, 5.41) is 27.9. The molecule has 0 radical (unpaired) electrons. The predicted octanol–water partition coefficient (Wildman–Crippen LogP) is -0.790. The standard InChI is InChI=1S/C28H36N8O6/c29-14-24(38)34-23(13-17-15-33-20-5-2-1-4-19(17)20)26(40)36-22(12-16-7-9-18(37)10-8-16)25(39)35-21(27(41)42)6-3-11-32-28(30)31/h1-2,4-5,7-10,15,21-23,33,37H,3,6,11-14,29H2,(H,34,38)(H,35,39)(H,36,40)(H,41,42)(H4,30,31,32). The van der Waals surface area contributed by atoms with Crippen LogP contribution in [0.15, 0.2) is 59.7 Å². The summed E-state index contributed by atoms with van der Waals surface area (Å²) in [5.74, 6) is -3.37. The lowest BCUT2D eigenvalue weighted by Crippen LogP contribution is -2.57. The van der Waals surface area contributed by atoms with Gasteiger partial charge in [0.1, 0.15) is 23.9 Å². The third-order valence-electron chi connectivity index (χ3n) is 6.51. The summed E-state index contributed by atoms with van der Waals surface area (Å²) in [6.45, 7) is -0.179. The van der Waals surface area contributed by atoms with Crippen molar-refractivity contribution in [2.75, 3.05) is 13.1 Å². The van der Waals surface area contributed by atoms with Crippen molar-refractivity contribution in [3.63, 3.8) is 0 Å². The first-order valence-electron chi connectivity index (χ1n) is 13.3. The number of benzene rings is 2. The lowest BCUT2D eigenvalue weighted by atomic mass is 10.0. The van der Waals surface area contributed by atoms with Crippen molar-refractivity contribution in [3.8, 4) is 5.75 Å². The van der Waals surface area contributed by atoms with E-state index >= 15 is 0 Å². The molecule has 224 valence electrons. The van der Waals surface area contributed by atoms with Crippen LogP contribution in [0.5, 0.6) is 5.75 Å². The first-order chi connectivity index (χ1) is 20.1. The van der Waals surface area contributed by atoms with Gasteiger partial charge in [0.25, 0.3) is 0 Å². The first-order valence-corrected chi connectivity index (χ1v) is 13.3. The Morgan fingerprint density at radius 1 is 0.881 bits per heavy atom. The minimum atomic E-state index is -1.27. The van der Waals surface area contributed by atoms with Gasteiger partial charge in [0.2, 0.25) is 17.7 Å². The van der Waals surface area contributed by atoms with E-state index in [9.17, 15) is 29.4 Å². The molecule has 0 spiro atoms. The number of carboxylic acids is 1. The number of hydrogen-bond acceptors (Lipinski definition) is 7. The van der Waals surface area contributed by atoms with Gasteiger partial charge in [0.15, 0.2) is 5.96 Å². The van der Waals surface area contributed by atoms with E-state index in [0.29, 0.717) is 5.56 Å². The minimum absolute atomic E-state index is 0.0128. The summed E-state index contributed by atoms with van der Waals surface area (Å²) in [7, 11) is 0. The van der Waals surface area contributed by atoms with Gasteiger partial charge >= 0.3 is 5.97 Å². The number of carbonyl (C=O) groups excluding carboxylic acids is 3. The number of nitrogens with two attached hydrogens (primary N) is 3. The molecule has 42 heavy (non-hydrogen) atoms. The first kappa shape index (κ1) is 31.4. The molecule has 3 amide bonds. The number of carbonyl (C=O) groups is 4. The number of para-hydroxylation sites is 1. The molecule has 3 aromatic rings. The van der Waals surface area contributed by atoms with E-state index in [4.69, 9.17) is 17.2 Å². The summed E-state index contributed by atoms with van der Waals surface area (Å²) in [4.78, 5) is 58.0. The average molecular weight is 581 g/mol. The normalized spacial score (nSPS) is 13.0. The molecule has 1 aromatic heterocycles. The van der Waals surface area contributed by atoms with E-state index in [1.807, 2.05) is 24.3 Å². The number of amides is 3. The second-order valence-electron chi connectivity index (χ2n) is 9.67. The monoisotopic (exact) mass is 580 g/mol. The largest absolute Gasteiger partial charge is 0.508 e.